The van der Waals surface area contributed by atoms with Crippen molar-refractivity contribution in [3.8, 4) is 0 Å². The maximum absolute atomic E-state index is 11.4. The highest BCUT2D eigenvalue weighted by atomic mass is 16.5. The van der Waals surface area contributed by atoms with Crippen LogP contribution in [0.3, 0.4) is 0 Å². The Hall–Kier alpha value is -1.39. The minimum Gasteiger partial charge on any atom is -0.469 e. The molecule has 0 amide bonds. The van der Waals surface area contributed by atoms with E-state index < -0.39 is 0 Å². The fraction of sp³-hybridized carbons (Fsp3) is 0.588. The van der Waals surface area contributed by atoms with E-state index in [9.17, 15) is 4.79 Å². The van der Waals surface area contributed by atoms with E-state index in [1.54, 1.807) is 0 Å². The van der Waals surface area contributed by atoms with Crippen molar-refractivity contribution >= 4 is 5.97 Å². The van der Waals surface area contributed by atoms with Gasteiger partial charge in [0.15, 0.2) is 0 Å². The molecule has 1 fully saturated rings. The minimum atomic E-state index is -0.202. The van der Waals surface area contributed by atoms with Crippen LogP contribution in [0.25, 0.3) is 0 Å². The molecular weight excluding hydrogens is 266 g/mol. The van der Waals surface area contributed by atoms with Crippen molar-refractivity contribution in [1.29, 1.82) is 0 Å². The van der Waals surface area contributed by atoms with Crippen molar-refractivity contribution in [2.45, 2.75) is 44.8 Å². The molecule has 21 heavy (non-hydrogen) atoms. The van der Waals surface area contributed by atoms with E-state index in [-0.39, 0.29) is 5.97 Å². The number of benzene rings is 1. The molecular formula is C17H25NO3. The predicted molar refractivity (Wildman–Crippen MR) is 82.1 cm³/mol. The summed E-state index contributed by atoms with van der Waals surface area (Å²) in [5.74, 6) is -0.202. The van der Waals surface area contributed by atoms with Gasteiger partial charge in [-0.3, -0.25) is 4.79 Å². The van der Waals surface area contributed by atoms with Gasteiger partial charge in [0.05, 0.1) is 26.2 Å². The average molecular weight is 291 g/mol. The van der Waals surface area contributed by atoms with E-state index in [4.69, 9.17) is 9.47 Å². The van der Waals surface area contributed by atoms with Crippen molar-refractivity contribution in [1.82, 2.24) is 5.32 Å². The number of esters is 1. The van der Waals surface area contributed by atoms with E-state index in [0.717, 1.165) is 30.8 Å². The highest BCUT2D eigenvalue weighted by molar-refractivity contribution is 5.72. The topological polar surface area (TPSA) is 47.6 Å². The van der Waals surface area contributed by atoms with Gasteiger partial charge in [0.1, 0.15) is 0 Å². The van der Waals surface area contributed by atoms with Crippen LogP contribution in [0.4, 0.5) is 0 Å². The van der Waals surface area contributed by atoms with Gasteiger partial charge < -0.3 is 14.8 Å². The Balaban J connectivity index is 1.70. The van der Waals surface area contributed by atoms with Crippen LogP contribution in [0.1, 0.15) is 36.8 Å². The van der Waals surface area contributed by atoms with Crippen LogP contribution in [0.15, 0.2) is 24.3 Å². The van der Waals surface area contributed by atoms with Crippen LogP contribution in [-0.2, 0) is 27.2 Å². The number of carbonyl (C=O) groups is 1. The third kappa shape index (κ3) is 5.48. The fourth-order valence-corrected chi connectivity index (χ4v) is 2.71. The number of methoxy groups -OCH3 is 1. The number of hydrogen-bond donors (Lipinski definition) is 1. The normalized spacial score (nSPS) is 15.3. The summed E-state index contributed by atoms with van der Waals surface area (Å²) in [6.45, 7) is 2.34. The first-order valence-electron chi connectivity index (χ1n) is 7.75. The zero-order valence-electron chi connectivity index (χ0n) is 12.8. The molecule has 4 heteroatoms. The van der Waals surface area contributed by atoms with E-state index >= 15 is 0 Å². The minimum absolute atomic E-state index is 0.202. The average Bonchev–Trinajstić information content (AvgIpc) is 3.01. The van der Waals surface area contributed by atoms with E-state index in [1.807, 2.05) is 24.3 Å². The largest absolute Gasteiger partial charge is 0.469 e. The van der Waals surface area contributed by atoms with Gasteiger partial charge in [-0.05, 0) is 24.0 Å². The molecule has 0 bridgehead atoms. The molecule has 0 aliphatic heterocycles. The van der Waals surface area contributed by atoms with Gasteiger partial charge in [0.25, 0.3) is 0 Å². The Labute approximate surface area is 126 Å². The SMILES string of the molecule is COC(=O)Cc1ccccc1CNCCOC1CCCC1. The van der Waals surface area contributed by atoms with Crippen LogP contribution in [0, 0.1) is 0 Å². The number of rotatable bonds is 8. The number of carbonyl (C=O) groups excluding carboxylic acids is 1. The van der Waals surface area contributed by atoms with E-state index in [2.05, 4.69) is 5.32 Å². The van der Waals surface area contributed by atoms with Gasteiger partial charge in [-0.2, -0.15) is 0 Å². The summed E-state index contributed by atoms with van der Waals surface area (Å²) >= 11 is 0. The second-order valence-electron chi connectivity index (χ2n) is 5.48. The maximum Gasteiger partial charge on any atom is 0.309 e. The summed E-state index contributed by atoms with van der Waals surface area (Å²) in [5.41, 5.74) is 2.16. The van der Waals surface area contributed by atoms with Crippen LogP contribution in [0.5, 0.6) is 0 Å². The number of ether oxygens (including phenoxy) is 2. The first-order chi connectivity index (χ1) is 10.3. The predicted octanol–water partition coefficient (Wildman–Crippen LogP) is 2.45. The molecule has 116 valence electrons. The van der Waals surface area contributed by atoms with Crippen LogP contribution >= 0.6 is 0 Å². The molecule has 0 unspecified atom stereocenters. The molecule has 1 aromatic rings. The monoisotopic (exact) mass is 291 g/mol. The first-order valence-corrected chi connectivity index (χ1v) is 7.75. The van der Waals surface area contributed by atoms with Crippen molar-refractivity contribution < 1.29 is 14.3 Å². The van der Waals surface area contributed by atoms with E-state index in [0.29, 0.717) is 12.5 Å². The number of nitrogens with one attached hydrogen (secondary N) is 1. The molecule has 1 N–H and O–H groups in total. The Morgan fingerprint density at radius 3 is 2.67 bits per heavy atom. The Bertz CT molecular complexity index is 441. The maximum atomic E-state index is 11.4. The molecule has 0 heterocycles. The van der Waals surface area contributed by atoms with Crippen LogP contribution < -0.4 is 5.32 Å². The fourth-order valence-electron chi connectivity index (χ4n) is 2.71. The quantitative estimate of drug-likeness (QED) is 0.590. The molecule has 1 aliphatic carbocycles. The van der Waals surface area contributed by atoms with Crippen molar-refractivity contribution in [2.24, 2.45) is 0 Å². The van der Waals surface area contributed by atoms with Gasteiger partial charge in [0.2, 0.25) is 0 Å². The summed E-state index contributed by atoms with van der Waals surface area (Å²) in [5, 5.41) is 3.38. The molecule has 2 rings (SSSR count). The summed E-state index contributed by atoms with van der Waals surface area (Å²) < 4.78 is 10.5. The van der Waals surface area contributed by atoms with Crippen molar-refractivity contribution in [3.63, 3.8) is 0 Å². The van der Waals surface area contributed by atoms with Crippen LogP contribution in [0.2, 0.25) is 0 Å². The van der Waals surface area contributed by atoms with Crippen LogP contribution in [-0.4, -0.2) is 32.3 Å². The smallest absolute Gasteiger partial charge is 0.309 e. The van der Waals surface area contributed by atoms with Gasteiger partial charge in [0, 0.05) is 13.1 Å². The lowest BCUT2D eigenvalue weighted by Crippen LogP contribution is -2.22. The first kappa shape index (κ1) is 16.0. The van der Waals surface area contributed by atoms with Gasteiger partial charge in [-0.25, -0.2) is 0 Å². The summed E-state index contributed by atoms with van der Waals surface area (Å²) in [6, 6.07) is 7.96. The summed E-state index contributed by atoms with van der Waals surface area (Å²) in [7, 11) is 1.42. The lowest BCUT2D eigenvalue weighted by atomic mass is 10.0. The molecule has 0 saturated heterocycles. The zero-order valence-corrected chi connectivity index (χ0v) is 12.8. The lowest BCUT2D eigenvalue weighted by molar-refractivity contribution is -0.139. The summed E-state index contributed by atoms with van der Waals surface area (Å²) in [6.07, 6.45) is 5.83. The van der Waals surface area contributed by atoms with Gasteiger partial charge in [-0.15, -0.1) is 0 Å². The summed E-state index contributed by atoms with van der Waals surface area (Å²) in [4.78, 5) is 11.4. The Morgan fingerprint density at radius 1 is 1.24 bits per heavy atom. The van der Waals surface area contributed by atoms with Gasteiger partial charge >= 0.3 is 5.97 Å². The molecule has 0 atom stereocenters. The second-order valence-corrected chi connectivity index (χ2v) is 5.48. The third-order valence-electron chi connectivity index (χ3n) is 3.93. The van der Waals surface area contributed by atoms with Crippen molar-refractivity contribution in [2.75, 3.05) is 20.3 Å². The number of hydrogen-bond acceptors (Lipinski definition) is 4. The second kappa shape index (κ2) is 8.80. The lowest BCUT2D eigenvalue weighted by Gasteiger charge is -2.13. The molecule has 1 aromatic carbocycles. The molecule has 0 spiro atoms. The molecule has 0 radical (unpaired) electrons. The zero-order chi connectivity index (χ0) is 14.9. The van der Waals surface area contributed by atoms with Gasteiger partial charge in [-0.1, -0.05) is 37.1 Å². The Kier molecular flexibility index (Phi) is 6.70. The highest BCUT2D eigenvalue weighted by Crippen LogP contribution is 2.20. The molecule has 1 aliphatic rings. The van der Waals surface area contributed by atoms with E-state index in [1.165, 1.54) is 32.8 Å². The molecule has 4 nitrogen and oxygen atoms in total. The third-order valence-corrected chi connectivity index (χ3v) is 3.93. The highest BCUT2D eigenvalue weighted by Gasteiger charge is 2.14. The van der Waals surface area contributed by atoms with Crippen molar-refractivity contribution in [3.05, 3.63) is 35.4 Å². The Morgan fingerprint density at radius 2 is 1.95 bits per heavy atom. The molecule has 1 saturated carbocycles. The standard InChI is InChI=1S/C17H25NO3/c1-20-17(19)12-14-6-2-3-7-15(14)13-18-10-11-21-16-8-4-5-9-16/h2-3,6-7,16,18H,4-5,8-13H2,1H3. The molecule has 0 aromatic heterocycles.